The van der Waals surface area contributed by atoms with Gasteiger partial charge in [0.15, 0.2) is 0 Å². The zero-order valence-electron chi connectivity index (χ0n) is 13.6. The molecule has 0 N–H and O–H groups in total. The SMILES string of the molecule is CN(C1CCN(C(=O)OC(C)(C)C)C1)S(=O)(=O)c1ccc(Br)s1. The van der Waals surface area contributed by atoms with Crippen LogP contribution in [0, 0.1) is 0 Å². The molecule has 1 aromatic rings. The highest BCUT2D eigenvalue weighted by molar-refractivity contribution is 9.11. The Morgan fingerprint density at radius 3 is 2.61 bits per heavy atom. The molecule has 1 saturated heterocycles. The Kier molecular flexibility index (Phi) is 5.44. The number of amides is 1. The standard InChI is InChI=1S/C14H21BrN2O4S2/c1-14(2,3)21-13(18)17-8-7-10(9-17)16(4)23(19,20)12-6-5-11(15)22-12/h5-6,10H,7-9H2,1-4H3. The van der Waals surface area contributed by atoms with Crippen molar-refractivity contribution in [1.29, 1.82) is 0 Å². The van der Waals surface area contributed by atoms with Crippen LogP contribution < -0.4 is 0 Å². The van der Waals surface area contributed by atoms with Gasteiger partial charge >= 0.3 is 6.09 Å². The fourth-order valence-corrected chi connectivity index (χ4v) is 5.88. The van der Waals surface area contributed by atoms with Crippen LogP contribution in [0.1, 0.15) is 27.2 Å². The molecule has 0 aliphatic carbocycles. The number of thiophene rings is 1. The summed E-state index contributed by atoms with van der Waals surface area (Å²) in [5.41, 5.74) is -0.559. The molecule has 1 aliphatic rings. The number of rotatable bonds is 3. The zero-order chi connectivity index (χ0) is 17.4. The normalized spacial score (nSPS) is 19.4. The zero-order valence-corrected chi connectivity index (χ0v) is 16.8. The van der Waals surface area contributed by atoms with Crippen LogP contribution in [0.25, 0.3) is 0 Å². The molecule has 9 heteroatoms. The lowest BCUT2D eigenvalue weighted by Gasteiger charge is -2.26. The van der Waals surface area contributed by atoms with Crippen LogP contribution in [0.5, 0.6) is 0 Å². The van der Waals surface area contributed by atoms with Crippen LogP contribution in [0.4, 0.5) is 4.79 Å². The summed E-state index contributed by atoms with van der Waals surface area (Å²) in [5, 5.41) is 0. The maximum absolute atomic E-state index is 12.6. The van der Waals surface area contributed by atoms with E-state index in [2.05, 4.69) is 15.9 Å². The second-order valence-corrected chi connectivity index (χ2v) is 11.1. The molecule has 130 valence electrons. The molecule has 6 nitrogen and oxygen atoms in total. The highest BCUT2D eigenvalue weighted by atomic mass is 79.9. The average Bonchev–Trinajstić information content (AvgIpc) is 3.04. The van der Waals surface area contributed by atoms with E-state index >= 15 is 0 Å². The van der Waals surface area contributed by atoms with E-state index < -0.39 is 21.7 Å². The van der Waals surface area contributed by atoms with E-state index in [1.165, 1.54) is 15.6 Å². The molecule has 23 heavy (non-hydrogen) atoms. The van der Waals surface area contributed by atoms with Gasteiger partial charge in [-0.25, -0.2) is 13.2 Å². The fourth-order valence-electron chi connectivity index (χ4n) is 2.31. The Bertz CT molecular complexity index is 681. The molecule has 1 aromatic heterocycles. The van der Waals surface area contributed by atoms with E-state index in [9.17, 15) is 13.2 Å². The number of likely N-dealkylation sites (N-methyl/N-ethyl adjacent to an activating group) is 1. The molecule has 2 rings (SSSR count). The molecule has 1 fully saturated rings. The molecule has 0 radical (unpaired) electrons. The van der Waals surface area contributed by atoms with Crippen LogP contribution in [-0.4, -0.2) is 55.5 Å². The van der Waals surface area contributed by atoms with E-state index in [4.69, 9.17) is 4.74 Å². The van der Waals surface area contributed by atoms with Gasteiger partial charge in [-0.3, -0.25) is 0 Å². The average molecular weight is 425 g/mol. The van der Waals surface area contributed by atoms with Gasteiger partial charge in [0, 0.05) is 26.2 Å². The van der Waals surface area contributed by atoms with Crippen molar-refractivity contribution in [3.8, 4) is 0 Å². The lowest BCUT2D eigenvalue weighted by molar-refractivity contribution is 0.0287. The van der Waals surface area contributed by atoms with Crippen molar-refractivity contribution < 1.29 is 17.9 Å². The van der Waals surface area contributed by atoms with E-state index in [1.807, 2.05) is 20.8 Å². The summed E-state index contributed by atoms with van der Waals surface area (Å²) < 4.78 is 33.0. The summed E-state index contributed by atoms with van der Waals surface area (Å²) in [4.78, 5) is 13.6. The van der Waals surface area contributed by atoms with E-state index in [0.717, 1.165) is 3.79 Å². The molecule has 2 heterocycles. The number of hydrogen-bond donors (Lipinski definition) is 0. The highest BCUT2D eigenvalue weighted by Gasteiger charge is 2.36. The highest BCUT2D eigenvalue weighted by Crippen LogP contribution is 2.30. The van der Waals surface area contributed by atoms with Crippen molar-refractivity contribution in [1.82, 2.24) is 9.21 Å². The number of carbonyl (C=O) groups is 1. The van der Waals surface area contributed by atoms with Crippen molar-refractivity contribution in [3.05, 3.63) is 15.9 Å². The summed E-state index contributed by atoms with van der Waals surface area (Å²) in [6.45, 7) is 6.27. The Balaban J connectivity index is 2.05. The quantitative estimate of drug-likeness (QED) is 0.747. The lowest BCUT2D eigenvalue weighted by atomic mass is 10.2. The first-order valence-corrected chi connectivity index (χ1v) is 10.3. The molecule has 0 saturated carbocycles. The third-order valence-corrected chi connectivity index (χ3v) is 7.51. The minimum Gasteiger partial charge on any atom is -0.444 e. The van der Waals surface area contributed by atoms with Crippen LogP contribution >= 0.6 is 27.3 Å². The van der Waals surface area contributed by atoms with Crippen LogP contribution in [0.3, 0.4) is 0 Å². The van der Waals surface area contributed by atoms with Gasteiger partial charge in [-0.1, -0.05) is 0 Å². The second kappa shape index (κ2) is 6.70. The Hall–Kier alpha value is -0.640. The Morgan fingerprint density at radius 2 is 2.09 bits per heavy atom. The lowest BCUT2D eigenvalue weighted by Crippen LogP contribution is -2.41. The smallest absolute Gasteiger partial charge is 0.410 e. The van der Waals surface area contributed by atoms with Gasteiger partial charge in [-0.15, -0.1) is 11.3 Å². The molecule has 1 atom stereocenters. The molecular formula is C14H21BrN2O4S2. The van der Waals surface area contributed by atoms with Gasteiger partial charge in [-0.2, -0.15) is 4.31 Å². The molecule has 0 spiro atoms. The predicted octanol–water partition coefficient (Wildman–Crippen LogP) is 3.14. The minimum absolute atomic E-state index is 0.242. The number of sulfonamides is 1. The number of nitrogens with zero attached hydrogens (tertiary/aromatic N) is 2. The largest absolute Gasteiger partial charge is 0.444 e. The van der Waals surface area contributed by atoms with Crippen LogP contribution in [-0.2, 0) is 14.8 Å². The number of hydrogen-bond acceptors (Lipinski definition) is 5. The summed E-state index contributed by atoms with van der Waals surface area (Å²) in [6.07, 6.45) is 0.200. The predicted molar refractivity (Wildman–Crippen MR) is 93.2 cm³/mol. The van der Waals surface area contributed by atoms with Gasteiger partial charge < -0.3 is 9.64 Å². The monoisotopic (exact) mass is 424 g/mol. The molecule has 1 amide bonds. The third-order valence-electron chi connectivity index (χ3n) is 3.51. The van der Waals surface area contributed by atoms with Crippen LogP contribution in [0.2, 0.25) is 0 Å². The van der Waals surface area contributed by atoms with Gasteiger partial charge in [0.1, 0.15) is 9.81 Å². The van der Waals surface area contributed by atoms with Crippen molar-refractivity contribution >= 4 is 43.4 Å². The molecule has 0 aromatic carbocycles. The van der Waals surface area contributed by atoms with Gasteiger partial charge in [0.25, 0.3) is 10.0 Å². The van der Waals surface area contributed by atoms with Crippen molar-refractivity contribution in [2.75, 3.05) is 20.1 Å². The number of halogens is 1. The maximum atomic E-state index is 12.6. The topological polar surface area (TPSA) is 66.9 Å². The maximum Gasteiger partial charge on any atom is 0.410 e. The van der Waals surface area contributed by atoms with Crippen molar-refractivity contribution in [3.63, 3.8) is 0 Å². The Morgan fingerprint density at radius 1 is 1.43 bits per heavy atom. The first-order chi connectivity index (χ1) is 10.5. The molecule has 0 bridgehead atoms. The molecule has 1 aliphatic heterocycles. The van der Waals surface area contributed by atoms with E-state index in [-0.39, 0.29) is 6.04 Å². The fraction of sp³-hybridized carbons (Fsp3) is 0.643. The number of carbonyl (C=O) groups excluding carboxylic acids is 1. The van der Waals surface area contributed by atoms with Gasteiger partial charge in [0.05, 0.1) is 3.79 Å². The number of ether oxygens (including phenoxy) is 1. The summed E-state index contributed by atoms with van der Waals surface area (Å²) in [7, 11) is -1.98. The first-order valence-electron chi connectivity index (χ1n) is 7.22. The van der Waals surface area contributed by atoms with Crippen LogP contribution in [0.15, 0.2) is 20.1 Å². The van der Waals surface area contributed by atoms with Gasteiger partial charge in [-0.05, 0) is 55.3 Å². The summed E-state index contributed by atoms with van der Waals surface area (Å²) >= 11 is 4.46. The first kappa shape index (κ1) is 18.7. The summed E-state index contributed by atoms with van der Waals surface area (Å²) in [6, 6.07) is 3.06. The molecular weight excluding hydrogens is 404 g/mol. The van der Waals surface area contributed by atoms with E-state index in [1.54, 1.807) is 24.1 Å². The van der Waals surface area contributed by atoms with Crippen molar-refractivity contribution in [2.45, 2.75) is 43.0 Å². The summed E-state index contributed by atoms with van der Waals surface area (Å²) in [5.74, 6) is 0. The number of likely N-dealkylation sites (tertiary alicyclic amines) is 1. The third kappa shape index (κ3) is 4.46. The Labute approximate surface area is 149 Å². The molecule has 1 unspecified atom stereocenters. The van der Waals surface area contributed by atoms with Crippen molar-refractivity contribution in [2.24, 2.45) is 0 Å². The van der Waals surface area contributed by atoms with Gasteiger partial charge in [0.2, 0.25) is 0 Å². The van der Waals surface area contributed by atoms with E-state index in [0.29, 0.717) is 23.7 Å². The second-order valence-electron chi connectivity index (χ2n) is 6.45. The minimum atomic E-state index is -3.54.